The normalized spacial score (nSPS) is 26.3. The zero-order chi connectivity index (χ0) is 10.1. The monoisotopic (exact) mass is 222 g/mol. The van der Waals surface area contributed by atoms with Crippen LogP contribution in [0.15, 0.2) is 0 Å². The van der Waals surface area contributed by atoms with Crippen molar-refractivity contribution in [2.75, 3.05) is 13.1 Å². The van der Waals surface area contributed by atoms with Crippen LogP contribution in [0.25, 0.3) is 0 Å². The molecule has 3 heteroatoms. The van der Waals surface area contributed by atoms with Crippen molar-refractivity contribution in [3.8, 4) is 0 Å². The predicted octanol–water partition coefficient (Wildman–Crippen LogP) is 2.49. The Kier molecular flexibility index (Phi) is 2.76. The summed E-state index contributed by atoms with van der Waals surface area (Å²) in [6.07, 6.45) is 7.88. The first-order valence-corrected chi connectivity index (χ1v) is 6.94. The number of piperidine rings is 1. The second-order valence-corrected chi connectivity index (χ2v) is 5.79. The smallest absolute Gasteiger partial charge is 0.0974 e. The van der Waals surface area contributed by atoms with E-state index in [0.717, 1.165) is 6.54 Å². The third kappa shape index (κ3) is 1.95. The fourth-order valence-electron chi connectivity index (χ4n) is 2.61. The van der Waals surface area contributed by atoms with Crippen LogP contribution in [-0.4, -0.2) is 18.1 Å². The van der Waals surface area contributed by atoms with Crippen LogP contribution in [0.4, 0.5) is 0 Å². The van der Waals surface area contributed by atoms with Gasteiger partial charge < -0.3 is 5.32 Å². The summed E-state index contributed by atoms with van der Waals surface area (Å²) in [6.45, 7) is 2.34. The Balaban J connectivity index is 1.82. The number of hydrogen-bond donors (Lipinski definition) is 1. The lowest BCUT2D eigenvalue weighted by Gasteiger charge is -2.20. The predicted molar refractivity (Wildman–Crippen MR) is 63.6 cm³/mol. The van der Waals surface area contributed by atoms with Gasteiger partial charge in [0.15, 0.2) is 0 Å². The van der Waals surface area contributed by atoms with Gasteiger partial charge in [0.05, 0.1) is 10.7 Å². The molecular formula is C12H18N2S. The molecule has 0 radical (unpaired) electrons. The van der Waals surface area contributed by atoms with E-state index < -0.39 is 0 Å². The zero-order valence-electron chi connectivity index (χ0n) is 9.09. The molecule has 2 aliphatic rings. The first-order chi connectivity index (χ1) is 7.43. The van der Waals surface area contributed by atoms with Crippen molar-refractivity contribution in [3.63, 3.8) is 0 Å². The fourth-order valence-corrected chi connectivity index (χ4v) is 3.90. The molecule has 0 bridgehead atoms. The number of aryl methyl sites for hydroxylation is 2. The van der Waals surface area contributed by atoms with Gasteiger partial charge in [0.2, 0.25) is 0 Å². The summed E-state index contributed by atoms with van der Waals surface area (Å²) >= 11 is 1.99. The van der Waals surface area contributed by atoms with E-state index in [2.05, 4.69) is 5.32 Å². The highest BCUT2D eigenvalue weighted by atomic mass is 32.1. The lowest BCUT2D eigenvalue weighted by molar-refractivity contribution is 0.459. The number of nitrogens with one attached hydrogen (secondary N) is 1. The molecule has 1 fully saturated rings. The molecule has 0 spiro atoms. The second-order valence-electron chi connectivity index (χ2n) is 4.67. The van der Waals surface area contributed by atoms with Gasteiger partial charge in [-0.25, -0.2) is 4.98 Å². The fraction of sp³-hybridized carbons (Fsp3) is 0.750. The molecule has 0 amide bonds. The number of hydrogen-bond acceptors (Lipinski definition) is 3. The summed E-state index contributed by atoms with van der Waals surface area (Å²) in [7, 11) is 0. The minimum atomic E-state index is 0.703. The van der Waals surface area contributed by atoms with Gasteiger partial charge in [0.25, 0.3) is 0 Å². The first kappa shape index (κ1) is 9.79. The Labute approximate surface area is 95.1 Å². The van der Waals surface area contributed by atoms with Crippen LogP contribution in [0.5, 0.6) is 0 Å². The van der Waals surface area contributed by atoms with E-state index in [-0.39, 0.29) is 0 Å². The third-order valence-corrected chi connectivity index (χ3v) is 4.83. The van der Waals surface area contributed by atoms with Gasteiger partial charge in [-0.15, -0.1) is 11.3 Å². The van der Waals surface area contributed by atoms with Crippen LogP contribution in [0, 0.1) is 0 Å². The molecule has 1 N–H and O–H groups in total. The Hall–Kier alpha value is -0.410. The summed E-state index contributed by atoms with van der Waals surface area (Å²) in [5.74, 6) is 0.703. The van der Waals surface area contributed by atoms with Gasteiger partial charge in [0.1, 0.15) is 0 Å². The minimum Gasteiger partial charge on any atom is -0.316 e. The molecule has 82 valence electrons. The molecule has 1 aliphatic heterocycles. The van der Waals surface area contributed by atoms with E-state index in [1.54, 1.807) is 4.88 Å². The maximum absolute atomic E-state index is 4.85. The minimum absolute atomic E-state index is 0.703. The number of aromatic nitrogens is 1. The quantitative estimate of drug-likeness (QED) is 0.789. The van der Waals surface area contributed by atoms with Gasteiger partial charge in [0, 0.05) is 17.3 Å². The Morgan fingerprint density at radius 2 is 2.13 bits per heavy atom. The molecule has 0 saturated carbocycles. The summed E-state index contributed by atoms with van der Waals surface area (Å²) in [5.41, 5.74) is 1.42. The lowest BCUT2D eigenvalue weighted by atomic mass is 10.00. The summed E-state index contributed by atoms with van der Waals surface area (Å²) in [6, 6.07) is 0. The Bertz CT molecular complexity index is 316. The van der Waals surface area contributed by atoms with Gasteiger partial charge in [-0.3, -0.25) is 0 Å². The standard InChI is InChI=1S/C12H18N2S/c1-2-6-11-10(5-1)14-12(15-11)9-4-3-7-13-8-9/h9,13H,1-8H2/t9-/m0/s1. The van der Waals surface area contributed by atoms with Crippen molar-refractivity contribution >= 4 is 11.3 Å². The highest BCUT2D eigenvalue weighted by Gasteiger charge is 2.22. The van der Waals surface area contributed by atoms with E-state index in [9.17, 15) is 0 Å². The van der Waals surface area contributed by atoms with Crippen LogP contribution < -0.4 is 5.32 Å². The molecule has 2 nitrogen and oxygen atoms in total. The van der Waals surface area contributed by atoms with Crippen LogP contribution in [0.3, 0.4) is 0 Å². The van der Waals surface area contributed by atoms with Crippen molar-refractivity contribution < 1.29 is 0 Å². The Morgan fingerprint density at radius 1 is 1.20 bits per heavy atom. The van der Waals surface area contributed by atoms with Crippen LogP contribution in [0.1, 0.15) is 47.2 Å². The highest BCUT2D eigenvalue weighted by Crippen LogP contribution is 2.32. The molecule has 0 aromatic carbocycles. The molecule has 1 atom stereocenters. The molecular weight excluding hydrogens is 204 g/mol. The van der Waals surface area contributed by atoms with E-state index in [4.69, 9.17) is 4.98 Å². The number of rotatable bonds is 1. The summed E-state index contributed by atoms with van der Waals surface area (Å²) in [4.78, 5) is 6.44. The Morgan fingerprint density at radius 3 is 2.93 bits per heavy atom. The van der Waals surface area contributed by atoms with Gasteiger partial charge in [-0.2, -0.15) is 0 Å². The molecule has 2 heterocycles. The zero-order valence-corrected chi connectivity index (χ0v) is 9.91. The summed E-state index contributed by atoms with van der Waals surface area (Å²) in [5, 5.41) is 4.89. The third-order valence-electron chi connectivity index (χ3n) is 3.51. The van der Waals surface area contributed by atoms with Crippen LogP contribution in [-0.2, 0) is 12.8 Å². The number of thiazole rings is 1. The van der Waals surface area contributed by atoms with E-state index >= 15 is 0 Å². The lowest BCUT2D eigenvalue weighted by Crippen LogP contribution is -2.28. The van der Waals surface area contributed by atoms with E-state index in [1.165, 1.54) is 55.8 Å². The first-order valence-electron chi connectivity index (χ1n) is 6.12. The molecule has 1 aliphatic carbocycles. The molecule has 3 rings (SSSR count). The van der Waals surface area contributed by atoms with Gasteiger partial charge in [-0.05, 0) is 45.1 Å². The summed E-state index contributed by atoms with van der Waals surface area (Å²) < 4.78 is 0. The topological polar surface area (TPSA) is 24.9 Å². The van der Waals surface area contributed by atoms with E-state index in [0.29, 0.717) is 5.92 Å². The average Bonchev–Trinajstić information content (AvgIpc) is 2.74. The van der Waals surface area contributed by atoms with E-state index in [1.807, 2.05) is 11.3 Å². The number of nitrogens with zero attached hydrogens (tertiary/aromatic N) is 1. The molecule has 15 heavy (non-hydrogen) atoms. The second kappa shape index (κ2) is 4.22. The highest BCUT2D eigenvalue weighted by molar-refractivity contribution is 7.11. The van der Waals surface area contributed by atoms with Crippen molar-refractivity contribution in [2.24, 2.45) is 0 Å². The molecule has 1 saturated heterocycles. The average molecular weight is 222 g/mol. The van der Waals surface area contributed by atoms with Crippen molar-refractivity contribution in [1.82, 2.24) is 10.3 Å². The molecule has 0 unspecified atom stereocenters. The SMILES string of the molecule is C1CCc2sc([C@H]3CCCNC3)nc2C1. The van der Waals surface area contributed by atoms with Gasteiger partial charge in [-0.1, -0.05) is 0 Å². The van der Waals surface area contributed by atoms with Crippen LogP contribution in [0.2, 0.25) is 0 Å². The number of fused-ring (bicyclic) bond motifs is 1. The van der Waals surface area contributed by atoms with Gasteiger partial charge >= 0.3 is 0 Å². The molecule has 1 aromatic heterocycles. The largest absolute Gasteiger partial charge is 0.316 e. The maximum Gasteiger partial charge on any atom is 0.0974 e. The van der Waals surface area contributed by atoms with Crippen LogP contribution >= 0.6 is 11.3 Å². The van der Waals surface area contributed by atoms with Crippen molar-refractivity contribution in [2.45, 2.75) is 44.4 Å². The molecule has 1 aromatic rings. The maximum atomic E-state index is 4.85. The van der Waals surface area contributed by atoms with Crippen molar-refractivity contribution in [3.05, 3.63) is 15.6 Å². The van der Waals surface area contributed by atoms with Crippen molar-refractivity contribution in [1.29, 1.82) is 0 Å².